The first-order chi connectivity index (χ1) is 6.39. The Hall–Kier alpha value is 0.630. The number of nitrogens with zero attached hydrogens (tertiary/aromatic N) is 1. The summed E-state index contributed by atoms with van der Waals surface area (Å²) in [5, 5.41) is 0. The van der Waals surface area contributed by atoms with Crippen molar-refractivity contribution in [2.24, 2.45) is 0 Å². The highest BCUT2D eigenvalue weighted by atomic mass is 35.6. The molecule has 0 fully saturated rings. The Labute approximate surface area is 105 Å². The molecule has 0 atom stereocenters. The van der Waals surface area contributed by atoms with Crippen molar-refractivity contribution in [3.63, 3.8) is 0 Å². The van der Waals surface area contributed by atoms with Gasteiger partial charge in [0.1, 0.15) is 0 Å². The van der Waals surface area contributed by atoms with E-state index in [9.17, 15) is 4.79 Å². The van der Waals surface area contributed by atoms with Gasteiger partial charge in [-0.05, 0) is 6.42 Å². The Bertz CT molecular complexity index is 181. The van der Waals surface area contributed by atoms with Crippen LogP contribution in [0.2, 0.25) is 0 Å². The SMILES string of the molecule is CCCCCCN(Cl)C(=O)C(Cl)(Cl)Cl. The molecule has 0 unspecified atom stereocenters. The van der Waals surface area contributed by atoms with Gasteiger partial charge in [-0.1, -0.05) is 61.0 Å². The van der Waals surface area contributed by atoms with Gasteiger partial charge < -0.3 is 0 Å². The zero-order valence-electron chi connectivity index (χ0n) is 7.90. The van der Waals surface area contributed by atoms with Gasteiger partial charge in [-0.3, -0.25) is 9.21 Å². The smallest absolute Gasteiger partial charge is 0.269 e. The molecule has 0 aromatic heterocycles. The van der Waals surface area contributed by atoms with Crippen molar-refractivity contribution in [3.8, 4) is 0 Å². The molecule has 0 aliphatic heterocycles. The van der Waals surface area contributed by atoms with E-state index in [1.807, 2.05) is 0 Å². The second kappa shape index (κ2) is 7.00. The molecule has 14 heavy (non-hydrogen) atoms. The lowest BCUT2D eigenvalue weighted by atomic mass is 10.2. The minimum absolute atomic E-state index is 0.411. The second-order valence-electron chi connectivity index (χ2n) is 2.95. The number of alkyl halides is 3. The van der Waals surface area contributed by atoms with Crippen LogP contribution in [0.15, 0.2) is 0 Å². The second-order valence-corrected chi connectivity index (χ2v) is 5.64. The van der Waals surface area contributed by atoms with Crippen LogP contribution in [0.4, 0.5) is 0 Å². The predicted octanol–water partition coefficient (Wildman–Crippen LogP) is 3.92. The normalized spacial score (nSPS) is 11.5. The third-order valence-corrected chi connectivity index (χ3v) is 2.48. The Morgan fingerprint density at radius 1 is 1.21 bits per heavy atom. The number of carbonyl (C=O) groups is 1. The minimum atomic E-state index is -1.95. The molecule has 0 heterocycles. The Morgan fingerprint density at radius 2 is 1.79 bits per heavy atom. The summed E-state index contributed by atoms with van der Waals surface area (Å²) in [6, 6.07) is 0. The molecule has 84 valence electrons. The monoisotopic (exact) mass is 279 g/mol. The van der Waals surface area contributed by atoms with Gasteiger partial charge in [0.25, 0.3) is 9.70 Å². The van der Waals surface area contributed by atoms with Crippen molar-refractivity contribution in [1.82, 2.24) is 4.42 Å². The number of unbranched alkanes of at least 4 members (excludes halogenated alkanes) is 3. The molecular formula is C8H13Cl4NO. The van der Waals surface area contributed by atoms with E-state index in [4.69, 9.17) is 46.6 Å². The fourth-order valence-corrected chi connectivity index (χ4v) is 1.60. The van der Waals surface area contributed by atoms with Crippen molar-refractivity contribution in [2.75, 3.05) is 6.54 Å². The number of hydrogen-bond donors (Lipinski definition) is 0. The van der Waals surface area contributed by atoms with Gasteiger partial charge in [0.05, 0.1) is 0 Å². The summed E-state index contributed by atoms with van der Waals surface area (Å²) in [4.78, 5) is 11.2. The zero-order valence-corrected chi connectivity index (χ0v) is 10.9. The molecule has 6 heteroatoms. The van der Waals surface area contributed by atoms with Crippen molar-refractivity contribution >= 4 is 52.5 Å². The third-order valence-electron chi connectivity index (χ3n) is 1.67. The minimum Gasteiger partial charge on any atom is -0.269 e. The van der Waals surface area contributed by atoms with Crippen LogP contribution >= 0.6 is 46.6 Å². The molecule has 0 aliphatic rings. The molecule has 0 aromatic carbocycles. The van der Waals surface area contributed by atoms with E-state index < -0.39 is 9.70 Å². The van der Waals surface area contributed by atoms with Crippen molar-refractivity contribution in [2.45, 2.75) is 36.4 Å². The first-order valence-electron chi connectivity index (χ1n) is 4.44. The van der Waals surface area contributed by atoms with Crippen LogP contribution in [0.3, 0.4) is 0 Å². The molecule has 0 spiro atoms. The van der Waals surface area contributed by atoms with Crippen LogP contribution in [-0.4, -0.2) is 20.7 Å². The zero-order chi connectivity index (χ0) is 11.2. The number of amides is 1. The lowest BCUT2D eigenvalue weighted by Crippen LogP contribution is -2.33. The maximum absolute atomic E-state index is 11.2. The number of rotatable bonds is 5. The number of hydrogen-bond acceptors (Lipinski definition) is 1. The molecule has 0 saturated carbocycles. The molecule has 0 radical (unpaired) electrons. The highest BCUT2D eigenvalue weighted by Crippen LogP contribution is 2.29. The van der Waals surface area contributed by atoms with E-state index in [0.717, 1.165) is 30.1 Å². The van der Waals surface area contributed by atoms with Crippen LogP contribution in [-0.2, 0) is 4.79 Å². The van der Waals surface area contributed by atoms with Gasteiger partial charge in [0.2, 0.25) is 0 Å². The maximum Gasteiger partial charge on any atom is 0.289 e. The maximum atomic E-state index is 11.2. The fraction of sp³-hybridized carbons (Fsp3) is 0.875. The fourth-order valence-electron chi connectivity index (χ4n) is 0.917. The van der Waals surface area contributed by atoms with E-state index in [0.29, 0.717) is 6.54 Å². The van der Waals surface area contributed by atoms with Crippen LogP contribution in [0.5, 0.6) is 0 Å². The Morgan fingerprint density at radius 3 is 2.21 bits per heavy atom. The summed E-state index contributed by atoms with van der Waals surface area (Å²) in [5.41, 5.74) is 0. The summed E-state index contributed by atoms with van der Waals surface area (Å²) in [6.45, 7) is 2.51. The van der Waals surface area contributed by atoms with Crippen molar-refractivity contribution < 1.29 is 4.79 Å². The van der Waals surface area contributed by atoms with E-state index in [1.165, 1.54) is 0 Å². The largest absolute Gasteiger partial charge is 0.289 e. The Balaban J connectivity index is 3.74. The summed E-state index contributed by atoms with van der Waals surface area (Å²) in [7, 11) is 0. The standard InChI is InChI=1S/C8H13Cl4NO/c1-2-3-4-5-6-13(12)7(14)8(9,10)11/h2-6H2,1H3. The molecule has 0 saturated heterocycles. The van der Waals surface area contributed by atoms with E-state index in [1.54, 1.807) is 0 Å². The average molecular weight is 281 g/mol. The molecule has 0 aliphatic carbocycles. The molecule has 0 N–H and O–H groups in total. The number of halogens is 4. The average Bonchev–Trinajstić information content (AvgIpc) is 2.09. The highest BCUT2D eigenvalue weighted by Gasteiger charge is 2.34. The van der Waals surface area contributed by atoms with E-state index >= 15 is 0 Å². The third kappa shape index (κ3) is 6.18. The Kier molecular flexibility index (Phi) is 7.31. The summed E-state index contributed by atoms with van der Waals surface area (Å²) < 4.78 is -1.02. The summed E-state index contributed by atoms with van der Waals surface area (Å²) >= 11 is 21.7. The molecule has 0 aromatic rings. The van der Waals surface area contributed by atoms with Gasteiger partial charge in [-0.25, -0.2) is 0 Å². The first kappa shape index (κ1) is 14.6. The van der Waals surface area contributed by atoms with Gasteiger partial charge in [0, 0.05) is 18.3 Å². The molecule has 2 nitrogen and oxygen atoms in total. The predicted molar refractivity (Wildman–Crippen MR) is 62.0 cm³/mol. The van der Waals surface area contributed by atoms with E-state index in [-0.39, 0.29) is 0 Å². The topological polar surface area (TPSA) is 20.3 Å². The van der Waals surface area contributed by atoms with Crippen molar-refractivity contribution in [1.29, 1.82) is 0 Å². The van der Waals surface area contributed by atoms with Gasteiger partial charge >= 0.3 is 0 Å². The van der Waals surface area contributed by atoms with Gasteiger partial charge in [0.15, 0.2) is 0 Å². The van der Waals surface area contributed by atoms with Crippen LogP contribution in [0.1, 0.15) is 32.6 Å². The quantitative estimate of drug-likeness (QED) is 0.425. The summed E-state index contributed by atoms with van der Waals surface area (Å²) in [5.74, 6) is -0.694. The van der Waals surface area contributed by atoms with Gasteiger partial charge in [-0.2, -0.15) is 0 Å². The highest BCUT2D eigenvalue weighted by molar-refractivity contribution is 6.76. The molecular weight excluding hydrogens is 268 g/mol. The summed E-state index contributed by atoms with van der Waals surface area (Å²) in [6.07, 6.45) is 4.09. The van der Waals surface area contributed by atoms with Crippen LogP contribution < -0.4 is 0 Å². The lowest BCUT2D eigenvalue weighted by molar-refractivity contribution is -0.125. The lowest BCUT2D eigenvalue weighted by Gasteiger charge is -2.18. The van der Waals surface area contributed by atoms with Crippen molar-refractivity contribution in [3.05, 3.63) is 0 Å². The van der Waals surface area contributed by atoms with Gasteiger partial charge in [-0.15, -0.1) is 0 Å². The van der Waals surface area contributed by atoms with Crippen LogP contribution in [0.25, 0.3) is 0 Å². The number of carbonyl (C=O) groups excluding carboxylic acids is 1. The van der Waals surface area contributed by atoms with Crippen LogP contribution in [0, 0.1) is 0 Å². The molecule has 0 rings (SSSR count). The molecule has 0 bridgehead atoms. The first-order valence-corrected chi connectivity index (χ1v) is 5.91. The van der Waals surface area contributed by atoms with E-state index in [2.05, 4.69) is 6.92 Å². The molecule has 1 amide bonds.